The first kappa shape index (κ1) is 20.1. The Morgan fingerprint density at radius 3 is 2.67 bits per heavy atom. The van der Waals surface area contributed by atoms with Crippen molar-refractivity contribution in [2.75, 3.05) is 18.8 Å². The van der Waals surface area contributed by atoms with Crippen molar-refractivity contribution in [3.63, 3.8) is 0 Å². The number of nitrogens with zero attached hydrogens (tertiary/aromatic N) is 1. The van der Waals surface area contributed by atoms with E-state index in [1.807, 2.05) is 24.3 Å². The average Bonchev–Trinajstić information content (AvgIpc) is 2.88. The first-order valence-electron chi connectivity index (χ1n) is 8.19. The smallest absolute Gasteiger partial charge is 0.338 e. The maximum atomic E-state index is 13.6. The van der Waals surface area contributed by atoms with Gasteiger partial charge >= 0.3 is 5.97 Å². The Kier molecular flexibility index (Phi) is 6.10. The average molecular weight is 430 g/mol. The molecule has 0 amide bonds. The Morgan fingerprint density at radius 1 is 1.22 bits per heavy atom. The molecule has 9 heteroatoms. The second-order valence-corrected chi connectivity index (χ2v) is 9.68. The molecular formula is C18H17ClFNO4S2. The van der Waals surface area contributed by atoms with Gasteiger partial charge in [-0.2, -0.15) is 16.1 Å². The fourth-order valence-electron chi connectivity index (χ4n) is 2.95. The molecule has 1 aliphatic rings. The second kappa shape index (κ2) is 8.18. The molecule has 2 aromatic rings. The van der Waals surface area contributed by atoms with Crippen LogP contribution in [0.5, 0.6) is 0 Å². The molecule has 0 spiro atoms. The van der Waals surface area contributed by atoms with Crippen LogP contribution in [0.3, 0.4) is 0 Å². The van der Waals surface area contributed by atoms with E-state index < -0.39 is 27.4 Å². The Morgan fingerprint density at radius 2 is 1.96 bits per heavy atom. The summed E-state index contributed by atoms with van der Waals surface area (Å²) < 4.78 is 40.7. The summed E-state index contributed by atoms with van der Waals surface area (Å²) in [5.74, 6) is -1.90. The molecule has 1 N–H and O–H groups in total. The predicted molar refractivity (Wildman–Crippen MR) is 103 cm³/mol. The van der Waals surface area contributed by atoms with Gasteiger partial charge in [0.25, 0.3) is 0 Å². The summed E-state index contributed by atoms with van der Waals surface area (Å²) in [4.78, 5) is 10.9. The largest absolute Gasteiger partial charge is 0.478 e. The fourth-order valence-corrected chi connectivity index (χ4v) is 6.15. The summed E-state index contributed by atoms with van der Waals surface area (Å²) in [7, 11) is -3.92. The summed E-state index contributed by atoms with van der Waals surface area (Å²) >= 11 is 7.89. The first-order valence-corrected chi connectivity index (χ1v) is 11.1. The van der Waals surface area contributed by atoms with Crippen LogP contribution in [-0.2, 0) is 10.0 Å². The van der Waals surface area contributed by atoms with Gasteiger partial charge in [0.1, 0.15) is 5.82 Å². The summed E-state index contributed by atoms with van der Waals surface area (Å²) in [6.45, 7) is 0.554. The summed E-state index contributed by atoms with van der Waals surface area (Å²) in [6, 6.07) is 10.3. The van der Waals surface area contributed by atoms with E-state index in [4.69, 9.17) is 16.7 Å². The molecule has 0 aromatic heterocycles. The number of carbonyl (C=O) groups is 1. The van der Waals surface area contributed by atoms with E-state index >= 15 is 0 Å². The second-order valence-electron chi connectivity index (χ2n) is 6.02. The SMILES string of the molecule is O=C(O)c1cc(S(=O)(=O)N2CCSC(c3ccccc3Cl)CC2)ccc1F. The molecule has 2 aromatic carbocycles. The molecule has 1 heterocycles. The molecule has 0 saturated carbocycles. The van der Waals surface area contributed by atoms with Crippen molar-refractivity contribution in [2.45, 2.75) is 16.6 Å². The highest BCUT2D eigenvalue weighted by atomic mass is 35.5. The van der Waals surface area contributed by atoms with E-state index in [0.717, 1.165) is 23.8 Å². The highest BCUT2D eigenvalue weighted by molar-refractivity contribution is 7.99. The van der Waals surface area contributed by atoms with Crippen LogP contribution >= 0.6 is 23.4 Å². The lowest BCUT2D eigenvalue weighted by molar-refractivity contribution is 0.0691. The van der Waals surface area contributed by atoms with Gasteiger partial charge in [-0.15, -0.1) is 0 Å². The number of hydrogen-bond acceptors (Lipinski definition) is 4. The molecule has 1 unspecified atom stereocenters. The topological polar surface area (TPSA) is 74.7 Å². The Hall–Kier alpha value is -1.61. The van der Waals surface area contributed by atoms with Crippen molar-refractivity contribution < 1.29 is 22.7 Å². The van der Waals surface area contributed by atoms with Gasteiger partial charge in [-0.05, 0) is 36.2 Å². The third-order valence-electron chi connectivity index (χ3n) is 4.36. The molecule has 0 bridgehead atoms. The van der Waals surface area contributed by atoms with Crippen LogP contribution < -0.4 is 0 Å². The summed E-state index contributed by atoms with van der Waals surface area (Å²) in [5, 5.41) is 9.75. The van der Waals surface area contributed by atoms with Crippen molar-refractivity contribution >= 4 is 39.4 Å². The minimum Gasteiger partial charge on any atom is -0.478 e. The minimum atomic E-state index is -3.92. The number of aromatic carboxylic acids is 1. The number of rotatable bonds is 4. The predicted octanol–water partition coefficient (Wildman–Crippen LogP) is 4.05. The maximum absolute atomic E-state index is 13.6. The number of carboxylic acids is 1. The Balaban J connectivity index is 1.83. The number of benzene rings is 2. The molecule has 27 heavy (non-hydrogen) atoms. The molecule has 0 aliphatic carbocycles. The summed E-state index contributed by atoms with van der Waals surface area (Å²) in [5.41, 5.74) is 0.313. The van der Waals surface area contributed by atoms with Crippen molar-refractivity contribution in [3.05, 3.63) is 64.4 Å². The van der Waals surface area contributed by atoms with E-state index in [1.165, 1.54) is 4.31 Å². The standard InChI is InChI=1S/C18H17ClFNO4S2/c19-15-4-2-1-3-13(15)17-7-8-21(9-10-26-17)27(24,25)12-5-6-16(20)14(11-12)18(22)23/h1-6,11,17H,7-10H2,(H,22,23). The normalized spacial score (nSPS) is 18.8. The fraction of sp³-hybridized carbons (Fsp3) is 0.278. The molecule has 0 radical (unpaired) electrons. The molecule has 144 valence electrons. The van der Waals surface area contributed by atoms with Crippen LogP contribution in [0.4, 0.5) is 4.39 Å². The maximum Gasteiger partial charge on any atom is 0.338 e. The van der Waals surface area contributed by atoms with Crippen LogP contribution in [0.15, 0.2) is 47.4 Å². The van der Waals surface area contributed by atoms with Gasteiger partial charge in [-0.25, -0.2) is 17.6 Å². The quantitative estimate of drug-likeness (QED) is 0.793. The molecule has 1 atom stereocenters. The molecule has 1 saturated heterocycles. The van der Waals surface area contributed by atoms with Gasteiger partial charge < -0.3 is 5.11 Å². The van der Waals surface area contributed by atoms with Gasteiger partial charge in [-0.1, -0.05) is 29.8 Å². The zero-order valence-electron chi connectivity index (χ0n) is 14.1. The monoisotopic (exact) mass is 429 g/mol. The summed E-state index contributed by atoms with van der Waals surface area (Å²) in [6.07, 6.45) is 0.570. The first-order chi connectivity index (χ1) is 12.8. The lowest BCUT2D eigenvalue weighted by atomic mass is 10.1. The van der Waals surface area contributed by atoms with E-state index in [-0.39, 0.29) is 23.2 Å². The lowest BCUT2D eigenvalue weighted by Crippen LogP contribution is -2.33. The molecule has 1 fully saturated rings. The highest BCUT2D eigenvalue weighted by Gasteiger charge is 2.30. The van der Waals surface area contributed by atoms with E-state index in [0.29, 0.717) is 17.2 Å². The van der Waals surface area contributed by atoms with Crippen LogP contribution in [0, 0.1) is 5.82 Å². The zero-order valence-corrected chi connectivity index (χ0v) is 16.5. The van der Waals surface area contributed by atoms with E-state index in [1.54, 1.807) is 11.8 Å². The number of sulfonamides is 1. The van der Waals surface area contributed by atoms with Crippen molar-refractivity contribution in [1.29, 1.82) is 0 Å². The van der Waals surface area contributed by atoms with Crippen LogP contribution in [0.2, 0.25) is 5.02 Å². The third-order valence-corrected chi connectivity index (χ3v) is 7.91. The Bertz CT molecular complexity index is 968. The van der Waals surface area contributed by atoms with Crippen LogP contribution in [0.1, 0.15) is 27.6 Å². The number of thioether (sulfide) groups is 1. The van der Waals surface area contributed by atoms with Gasteiger partial charge in [0.05, 0.1) is 10.5 Å². The van der Waals surface area contributed by atoms with Crippen LogP contribution in [0.25, 0.3) is 0 Å². The van der Waals surface area contributed by atoms with Crippen molar-refractivity contribution in [1.82, 2.24) is 4.31 Å². The zero-order chi connectivity index (χ0) is 19.6. The van der Waals surface area contributed by atoms with Crippen LogP contribution in [-0.4, -0.2) is 42.6 Å². The van der Waals surface area contributed by atoms with Crippen molar-refractivity contribution in [2.24, 2.45) is 0 Å². The molecular weight excluding hydrogens is 413 g/mol. The van der Waals surface area contributed by atoms with Gasteiger partial charge in [0.2, 0.25) is 10.0 Å². The van der Waals surface area contributed by atoms with Crippen molar-refractivity contribution in [3.8, 4) is 0 Å². The van der Waals surface area contributed by atoms with Gasteiger partial charge in [0.15, 0.2) is 0 Å². The molecule has 1 aliphatic heterocycles. The molecule has 3 rings (SSSR count). The number of hydrogen-bond donors (Lipinski definition) is 1. The minimum absolute atomic E-state index is 0.0710. The highest BCUT2D eigenvalue weighted by Crippen LogP contribution is 2.38. The Labute approximate surface area is 166 Å². The molecule has 5 nitrogen and oxygen atoms in total. The number of carboxylic acid groups (broad SMARTS) is 1. The van der Waals surface area contributed by atoms with E-state index in [9.17, 15) is 17.6 Å². The van der Waals surface area contributed by atoms with E-state index in [2.05, 4.69) is 0 Å². The third kappa shape index (κ3) is 4.29. The van der Waals surface area contributed by atoms with Gasteiger partial charge in [-0.3, -0.25) is 0 Å². The van der Waals surface area contributed by atoms with Gasteiger partial charge in [0, 0.05) is 29.1 Å². The lowest BCUT2D eigenvalue weighted by Gasteiger charge is -2.20. The number of halogens is 2.